The third-order valence-corrected chi connectivity index (χ3v) is 26.0. The second kappa shape index (κ2) is 28.9. The summed E-state index contributed by atoms with van der Waals surface area (Å²) in [5.41, 5.74) is 11.6. The lowest BCUT2D eigenvalue weighted by atomic mass is 9.76. The highest BCUT2D eigenvalue weighted by Crippen LogP contribution is 2.57. The number of aromatic nitrogens is 7. The zero-order valence-electron chi connectivity index (χ0n) is 105. The van der Waals surface area contributed by atoms with Crippen molar-refractivity contribution in [1.29, 1.82) is 0 Å². The van der Waals surface area contributed by atoms with Crippen molar-refractivity contribution in [2.24, 2.45) is 28.2 Å². The van der Waals surface area contributed by atoms with E-state index in [1.807, 2.05) is 147 Å². The molecule has 0 bridgehead atoms. The standard InChI is InChI=1S/C30H29N2O.C29H26NO.2C28H25N2O/c1-6-30(7-2)24-11-9-8-10-20(24)22-17-23-21-13-12-19(4)26(25-16-18(3)14-15-32(25)5)27(21)33-29(23)31-28(22)30;1-17-12-13-30(5)25(14-17)27-18(2)10-11-20-22-15-21-19-8-6-7-9-23(19)29(3,4)24(21)16-26(22)31-28(20)27;1-16-10-12-30(5)23(13-16)25-17(2)8-9-18-21-14-20-19-7-6-11-29-27(19)28(3,4)22(20)15-24(21)31-26(18)25;1-16-12-13-30(5)23(14-16)24-17(2)10-11-18-20-15-22-25(29-27(20)31-26(18)24)19-8-6-7-9-21(19)28(22,3)4/h8-17H,6-7H2,1-5H3;6-16H,1-5H3;2*6-15H,1-5H3/q4*+1/i1D3,2D3,3D3,6D2;2*1D3,3D3,4D3;1D3,3D3. The van der Waals surface area contributed by atoms with E-state index in [1.165, 1.54) is 18.3 Å². The first-order valence-corrected chi connectivity index (χ1v) is 41.3. The molecule has 9 aromatic carbocycles. The maximum atomic E-state index is 8.98. The minimum atomic E-state index is -3.19. The Kier molecular flexibility index (Phi) is 11.4. The molecule has 0 aliphatic heterocycles. The minimum absolute atomic E-state index is 0.00395. The summed E-state index contributed by atoms with van der Waals surface area (Å²) in [6.07, 6.45) is 4.40. The van der Waals surface area contributed by atoms with Crippen LogP contribution < -0.4 is 18.3 Å². The second-order valence-corrected chi connectivity index (χ2v) is 33.7. The van der Waals surface area contributed by atoms with Gasteiger partial charge >= 0.3 is 0 Å². The number of hydrogen-bond donors (Lipinski definition) is 0. The van der Waals surface area contributed by atoms with E-state index < -0.39 is 110 Å². The van der Waals surface area contributed by atoms with E-state index in [0.717, 1.165) is 60.5 Å². The van der Waals surface area contributed by atoms with Gasteiger partial charge in [-0.25, -0.2) is 28.2 Å². The molecule has 0 saturated heterocycles. The van der Waals surface area contributed by atoms with Gasteiger partial charge in [-0.2, -0.15) is 0 Å². The number of benzene rings is 9. The van der Waals surface area contributed by atoms with Crippen LogP contribution in [0.25, 0.3) is 178 Å². The topological polar surface area (TPSA) is 107 Å². The van der Waals surface area contributed by atoms with Crippen LogP contribution in [0, 0.1) is 55.1 Å². The maximum absolute atomic E-state index is 8.98. The summed E-state index contributed by atoms with van der Waals surface area (Å²) in [6.45, 7) is -19.5. The van der Waals surface area contributed by atoms with Crippen LogP contribution in [0.5, 0.6) is 0 Å². The summed E-state index contributed by atoms with van der Waals surface area (Å²) in [5, 5.41) is 5.67. The van der Waals surface area contributed by atoms with E-state index in [0.29, 0.717) is 145 Å². The average Bonchev–Trinajstić information content (AvgIpc) is 1.52. The minimum Gasteiger partial charge on any atom is -0.455 e. The van der Waals surface area contributed by atoms with Gasteiger partial charge < -0.3 is 17.7 Å². The molecule has 2 unspecified atom stereocenters. The third kappa shape index (κ3) is 11.9. The van der Waals surface area contributed by atoms with Crippen molar-refractivity contribution >= 4 is 88.0 Å². The summed E-state index contributed by atoms with van der Waals surface area (Å²) in [5.74, 6) is 0. The number of fused-ring (bicyclic) bond motifs is 24. The number of pyridine rings is 7. The number of furan rings is 4. The summed E-state index contributed by atoms with van der Waals surface area (Å²) in [6, 6.07) is 62.9. The van der Waals surface area contributed by atoms with Gasteiger partial charge in [0.15, 0.2) is 36.0 Å². The fourth-order valence-corrected chi connectivity index (χ4v) is 19.5. The maximum Gasteiger partial charge on any atom is 0.227 e. The van der Waals surface area contributed by atoms with Crippen LogP contribution in [0.3, 0.4) is 0 Å². The van der Waals surface area contributed by atoms with Crippen LogP contribution in [0.15, 0.2) is 267 Å². The molecular formula is C115H105N7O4+4. The van der Waals surface area contributed by atoms with E-state index in [4.69, 9.17) is 75.6 Å². The number of hydrogen-bond acceptors (Lipinski definition) is 7. The Morgan fingerprint density at radius 2 is 0.738 bits per heavy atom. The second-order valence-electron chi connectivity index (χ2n) is 33.7. The molecule has 0 saturated carbocycles. The molecule has 2 atom stereocenters. The quantitative estimate of drug-likeness (QED) is 0.153. The highest BCUT2D eigenvalue weighted by atomic mass is 16.3. The first kappa shape index (κ1) is 49.7. The van der Waals surface area contributed by atoms with Crippen molar-refractivity contribution in [3.8, 4) is 89.7 Å². The summed E-state index contributed by atoms with van der Waals surface area (Å²) >= 11 is 0. The fraction of sp³-hybridized carbons (Fsp3) is 0.226. The first-order chi connectivity index (χ1) is 74.7. The van der Waals surface area contributed by atoms with Crippen molar-refractivity contribution in [1.82, 2.24) is 15.0 Å². The lowest BCUT2D eigenvalue weighted by Crippen LogP contribution is -2.30. The zero-order chi connectivity index (χ0) is 117. The van der Waals surface area contributed by atoms with Crippen molar-refractivity contribution in [3.63, 3.8) is 0 Å². The lowest BCUT2D eigenvalue weighted by Gasteiger charge is -2.28. The van der Waals surface area contributed by atoms with Gasteiger partial charge in [-0.3, -0.25) is 4.98 Å². The lowest BCUT2D eigenvalue weighted by molar-refractivity contribution is -0.660. The molecule has 11 heteroatoms. The highest BCUT2D eigenvalue weighted by molar-refractivity contribution is 6.15. The van der Waals surface area contributed by atoms with Crippen LogP contribution >= 0.6 is 0 Å². The molecule has 11 nitrogen and oxygen atoms in total. The molecule has 126 heavy (non-hydrogen) atoms. The normalized spacial score (nSPS) is 21.0. The monoisotopic (exact) mass is 1680 g/mol. The Morgan fingerprint density at radius 1 is 0.333 bits per heavy atom. The largest absolute Gasteiger partial charge is 0.455 e. The molecule has 11 heterocycles. The molecule has 24 rings (SSSR count). The molecule has 0 spiro atoms. The van der Waals surface area contributed by atoms with Gasteiger partial charge in [-0.05, 0) is 211 Å². The Bertz CT molecular complexity index is 9280. The van der Waals surface area contributed by atoms with Crippen LogP contribution in [0.2, 0.25) is 0 Å². The molecule has 11 aromatic heterocycles. The van der Waals surface area contributed by atoms with Crippen LogP contribution in [-0.2, 0) is 49.9 Å². The molecule has 4 aliphatic rings. The number of rotatable bonds is 6. The highest BCUT2D eigenvalue weighted by Gasteiger charge is 2.45. The smallest absolute Gasteiger partial charge is 0.227 e. The number of aryl methyl sites for hydroxylation is 12. The molecule has 0 amide bonds. The molecule has 4 aliphatic carbocycles. The summed E-state index contributed by atoms with van der Waals surface area (Å²) in [7, 11) is 7.31. The van der Waals surface area contributed by atoms with E-state index in [1.54, 1.807) is 165 Å². The van der Waals surface area contributed by atoms with Crippen molar-refractivity contribution in [3.05, 3.63) is 339 Å². The van der Waals surface area contributed by atoms with Crippen molar-refractivity contribution < 1.29 is 83.9 Å². The molecule has 0 radical (unpaired) electrons. The first-order valence-electron chi connectivity index (χ1n) is 58.8. The van der Waals surface area contributed by atoms with Crippen LogP contribution in [-0.4, -0.2) is 15.0 Å². The third-order valence-electron chi connectivity index (χ3n) is 26.0. The molecule has 0 N–H and O–H groups in total. The van der Waals surface area contributed by atoms with E-state index in [-0.39, 0.29) is 61.6 Å². The predicted octanol–water partition coefficient (Wildman–Crippen LogP) is 27.0. The van der Waals surface area contributed by atoms with Gasteiger partial charge in [-0.1, -0.05) is 182 Å². The predicted molar refractivity (Wildman–Crippen MR) is 512 cm³/mol. The fourth-order valence-electron chi connectivity index (χ4n) is 19.5. The van der Waals surface area contributed by atoms with Crippen LogP contribution in [0.4, 0.5) is 0 Å². The van der Waals surface area contributed by atoms with Gasteiger partial charge in [-0.15, -0.1) is 0 Å². The van der Waals surface area contributed by atoms with Gasteiger partial charge in [0.05, 0.1) is 39.3 Å². The number of nitrogens with zero attached hydrogens (tertiary/aromatic N) is 7. The van der Waals surface area contributed by atoms with Gasteiger partial charge in [0, 0.05) is 184 Å². The van der Waals surface area contributed by atoms with E-state index in [9.17, 15) is 0 Å². The Labute approximate surface area is 785 Å². The zero-order valence-corrected chi connectivity index (χ0v) is 70.1. The van der Waals surface area contributed by atoms with E-state index in [2.05, 4.69) is 4.98 Å². The van der Waals surface area contributed by atoms with Gasteiger partial charge in [0.1, 0.15) is 50.5 Å². The summed E-state index contributed by atoms with van der Waals surface area (Å²) < 4.78 is 321. The van der Waals surface area contributed by atoms with Crippen LogP contribution in [0.1, 0.15) is 205 Å². The Morgan fingerprint density at radius 3 is 1.21 bits per heavy atom. The van der Waals surface area contributed by atoms with Gasteiger partial charge in [0.25, 0.3) is 0 Å². The molecular weight excluding hydrogens is 1540 g/mol. The molecule has 0 fully saturated rings. The average molecular weight is 1680 g/mol. The molecule has 20 aromatic rings. The Hall–Kier alpha value is -13.8. The Balaban J connectivity index is 0.000000124. The van der Waals surface area contributed by atoms with Crippen molar-refractivity contribution in [2.45, 2.75) is 144 Å². The van der Waals surface area contributed by atoms with Crippen molar-refractivity contribution in [2.75, 3.05) is 0 Å². The van der Waals surface area contributed by atoms with E-state index >= 15 is 0 Å². The molecule has 620 valence electrons. The summed E-state index contributed by atoms with van der Waals surface area (Å²) in [4.78, 5) is 13.9. The SMILES string of the molecule is [2H]C([2H])([2H])CC1(C([2H])([2H])C([2H])([2H])[2H])c2ccccc2-c2cc3c(nc21)oc1c(-c2cc(C([2H])([2H])[2H])cc[n+]2C)c(C)ccc13.[2H]C([2H])([2H])c1cc[n+](C)c(-c2c(C)ccc3c2oc2cc4c(cc23)-c2ccccc2C4(C([2H])([2H])[2H])C([2H])([2H])[2H])c1.[2H]C([2H])([2H])c1cc[n+](C)c(-c2c(C)ccc3c2oc2cc4c(cc23)-c2cccnc2C4(C([2H])([2H])[2H])C([2H])([2H])[2H])c1.[2H]C([2H])([2H])c1cc[n+](C)c(-c2c(C)ccc3c2oc2nc4c(cc23)C(C)(C([2H])([2H])[2H])c2ccccc2-4)c1. The van der Waals surface area contributed by atoms with Gasteiger partial charge in [0.2, 0.25) is 34.2 Å².